The number of anilines is 2. The number of aromatic nitrogens is 2. The van der Waals surface area contributed by atoms with Crippen molar-refractivity contribution in [2.75, 3.05) is 22.5 Å². The summed E-state index contributed by atoms with van der Waals surface area (Å²) in [6.45, 7) is 0.360. The number of nitrogens with zero attached hydrogens (tertiary/aromatic N) is 2. The van der Waals surface area contributed by atoms with Gasteiger partial charge in [-0.15, -0.1) is 11.8 Å². The maximum Gasteiger partial charge on any atom is 0.237 e. The van der Waals surface area contributed by atoms with E-state index in [4.69, 9.17) is 0 Å². The van der Waals surface area contributed by atoms with Gasteiger partial charge in [-0.05, 0) is 48.5 Å². The number of para-hydroxylation sites is 3. The monoisotopic (exact) mass is 428 g/mol. The molecule has 3 aromatic carbocycles. The fourth-order valence-electron chi connectivity index (χ4n) is 3.64. The third kappa shape index (κ3) is 4.04. The number of nitrogens with one attached hydrogen (secondary N) is 2. The number of aromatic amines is 1. The molecule has 2 heterocycles. The van der Waals surface area contributed by atoms with Crippen molar-refractivity contribution >= 4 is 46.0 Å². The van der Waals surface area contributed by atoms with Crippen molar-refractivity contribution in [2.24, 2.45) is 0 Å². The fraction of sp³-hybridized carbons (Fsp3) is 0.125. The van der Waals surface area contributed by atoms with E-state index >= 15 is 0 Å². The van der Waals surface area contributed by atoms with E-state index in [0.717, 1.165) is 33.0 Å². The lowest BCUT2D eigenvalue weighted by molar-refractivity contribution is -0.117. The number of hydrogen-bond donors (Lipinski definition) is 2. The number of carbonyl (C=O) groups excluding carboxylic acids is 2. The molecule has 154 valence electrons. The van der Waals surface area contributed by atoms with Gasteiger partial charge in [0.25, 0.3) is 0 Å². The smallest absolute Gasteiger partial charge is 0.237 e. The van der Waals surface area contributed by atoms with E-state index in [1.54, 1.807) is 4.90 Å². The number of imidazole rings is 1. The molecule has 5 rings (SSSR count). The van der Waals surface area contributed by atoms with E-state index in [9.17, 15) is 9.59 Å². The summed E-state index contributed by atoms with van der Waals surface area (Å²) < 4.78 is 0. The fourth-order valence-corrected chi connectivity index (χ4v) is 4.57. The minimum absolute atomic E-state index is 0.0340. The van der Waals surface area contributed by atoms with Crippen molar-refractivity contribution in [1.82, 2.24) is 9.97 Å². The quantitative estimate of drug-likeness (QED) is 0.483. The Morgan fingerprint density at radius 1 is 1.03 bits per heavy atom. The van der Waals surface area contributed by atoms with E-state index in [0.29, 0.717) is 18.0 Å². The van der Waals surface area contributed by atoms with Crippen molar-refractivity contribution in [3.05, 3.63) is 72.8 Å². The first-order valence-corrected chi connectivity index (χ1v) is 11.0. The Morgan fingerprint density at radius 2 is 1.81 bits per heavy atom. The molecule has 2 amide bonds. The van der Waals surface area contributed by atoms with Crippen LogP contribution in [0.5, 0.6) is 0 Å². The summed E-state index contributed by atoms with van der Waals surface area (Å²) in [6, 6.07) is 23.3. The zero-order valence-electron chi connectivity index (χ0n) is 16.7. The normalized spacial score (nSPS) is 13.3. The summed E-state index contributed by atoms with van der Waals surface area (Å²) in [5.74, 6) is 1.10. The first-order valence-electron chi connectivity index (χ1n) is 10.0. The average Bonchev–Trinajstić information content (AvgIpc) is 3.23. The van der Waals surface area contributed by atoms with Crippen LogP contribution < -0.4 is 10.2 Å². The van der Waals surface area contributed by atoms with Crippen molar-refractivity contribution < 1.29 is 9.59 Å². The van der Waals surface area contributed by atoms with E-state index in [1.807, 2.05) is 72.8 Å². The van der Waals surface area contributed by atoms with Crippen LogP contribution in [0.3, 0.4) is 0 Å². The number of benzene rings is 3. The predicted molar refractivity (Wildman–Crippen MR) is 124 cm³/mol. The number of amides is 2. The summed E-state index contributed by atoms with van der Waals surface area (Å²) in [6.07, 6.45) is 0.232. The zero-order chi connectivity index (χ0) is 21.2. The molecule has 0 saturated heterocycles. The van der Waals surface area contributed by atoms with E-state index in [2.05, 4.69) is 15.3 Å². The molecule has 0 spiro atoms. The second-order valence-electron chi connectivity index (χ2n) is 7.28. The van der Waals surface area contributed by atoms with Crippen molar-refractivity contribution in [3.8, 4) is 11.4 Å². The molecule has 7 heteroatoms. The first kappa shape index (κ1) is 19.4. The highest BCUT2D eigenvalue weighted by molar-refractivity contribution is 8.00. The Kier molecular flexibility index (Phi) is 5.18. The lowest BCUT2D eigenvalue weighted by Crippen LogP contribution is -2.37. The molecule has 1 aromatic heterocycles. The first-order chi connectivity index (χ1) is 15.2. The number of hydrogen-bond acceptors (Lipinski definition) is 4. The second kappa shape index (κ2) is 8.28. The molecule has 4 aromatic rings. The minimum atomic E-state index is -0.125. The van der Waals surface area contributed by atoms with E-state index in [-0.39, 0.29) is 18.2 Å². The Hall–Kier alpha value is -3.58. The zero-order valence-corrected chi connectivity index (χ0v) is 17.5. The van der Waals surface area contributed by atoms with Crippen molar-refractivity contribution in [2.45, 2.75) is 11.3 Å². The third-order valence-electron chi connectivity index (χ3n) is 5.20. The van der Waals surface area contributed by atoms with Gasteiger partial charge in [0, 0.05) is 29.1 Å². The summed E-state index contributed by atoms with van der Waals surface area (Å²) in [4.78, 5) is 35.5. The highest BCUT2D eigenvalue weighted by atomic mass is 32.2. The Labute approximate surface area is 183 Å². The van der Waals surface area contributed by atoms with Crippen molar-refractivity contribution in [1.29, 1.82) is 0 Å². The van der Waals surface area contributed by atoms with Crippen LogP contribution in [-0.4, -0.2) is 34.1 Å². The summed E-state index contributed by atoms with van der Waals surface area (Å²) in [5.41, 5.74) is 4.45. The standard InChI is InChI=1S/C24H20N4O2S/c29-22(13-14-28-20-7-3-4-8-21(20)31-15-23(28)30)25-17-11-9-16(10-12-17)24-26-18-5-1-2-6-19(18)27-24/h1-12H,13-15H2,(H,25,29)(H,26,27). The number of fused-ring (bicyclic) bond motifs is 2. The molecule has 1 aliphatic rings. The molecule has 0 saturated carbocycles. The van der Waals surface area contributed by atoms with Crippen LogP contribution in [0.2, 0.25) is 0 Å². The summed E-state index contributed by atoms with van der Waals surface area (Å²) >= 11 is 1.54. The van der Waals surface area contributed by atoms with E-state index < -0.39 is 0 Å². The van der Waals surface area contributed by atoms with Gasteiger partial charge >= 0.3 is 0 Å². The maximum atomic E-state index is 12.5. The van der Waals surface area contributed by atoms with E-state index in [1.165, 1.54) is 11.8 Å². The van der Waals surface area contributed by atoms with Crippen molar-refractivity contribution in [3.63, 3.8) is 0 Å². The molecule has 0 atom stereocenters. The van der Waals surface area contributed by atoms with Gasteiger partial charge in [-0.25, -0.2) is 4.98 Å². The molecule has 2 N–H and O–H groups in total. The lowest BCUT2D eigenvalue weighted by atomic mass is 10.2. The Balaban J connectivity index is 1.22. The van der Waals surface area contributed by atoms with Crippen LogP contribution in [0.15, 0.2) is 77.7 Å². The van der Waals surface area contributed by atoms with Crippen LogP contribution in [0.25, 0.3) is 22.4 Å². The minimum Gasteiger partial charge on any atom is -0.338 e. The molecule has 31 heavy (non-hydrogen) atoms. The molecule has 0 fully saturated rings. The summed E-state index contributed by atoms with van der Waals surface area (Å²) in [5, 5.41) is 2.91. The van der Waals surface area contributed by atoms with Crippen LogP contribution in [-0.2, 0) is 9.59 Å². The molecule has 0 unspecified atom stereocenters. The largest absolute Gasteiger partial charge is 0.338 e. The molecule has 6 nitrogen and oxygen atoms in total. The van der Waals surface area contributed by atoms with Gasteiger partial charge in [-0.2, -0.15) is 0 Å². The third-order valence-corrected chi connectivity index (χ3v) is 6.25. The molecular weight excluding hydrogens is 408 g/mol. The topological polar surface area (TPSA) is 78.1 Å². The molecular formula is C24H20N4O2S. The molecule has 1 aliphatic heterocycles. The van der Waals surface area contributed by atoms with Crippen LogP contribution >= 0.6 is 11.8 Å². The number of carbonyl (C=O) groups is 2. The van der Waals surface area contributed by atoms with Crippen LogP contribution in [0, 0.1) is 0 Å². The maximum absolute atomic E-state index is 12.5. The SMILES string of the molecule is O=C(CCN1C(=O)CSc2ccccc21)Nc1ccc(-c2nc3ccccc3[nH]2)cc1. The van der Waals surface area contributed by atoms with Gasteiger partial charge in [-0.3, -0.25) is 9.59 Å². The van der Waals surface area contributed by atoms with Gasteiger partial charge in [0.2, 0.25) is 11.8 Å². The van der Waals surface area contributed by atoms with Gasteiger partial charge in [0.05, 0.1) is 22.5 Å². The predicted octanol–water partition coefficient (Wildman–Crippen LogP) is 4.70. The molecule has 0 aliphatic carbocycles. The molecule has 0 bridgehead atoms. The number of H-pyrrole nitrogens is 1. The number of thioether (sulfide) groups is 1. The lowest BCUT2D eigenvalue weighted by Gasteiger charge is -2.28. The van der Waals surface area contributed by atoms with Gasteiger partial charge in [0.1, 0.15) is 5.82 Å². The molecule has 0 radical (unpaired) electrons. The second-order valence-corrected chi connectivity index (χ2v) is 8.30. The highest BCUT2D eigenvalue weighted by Gasteiger charge is 2.24. The summed E-state index contributed by atoms with van der Waals surface area (Å²) in [7, 11) is 0. The highest BCUT2D eigenvalue weighted by Crippen LogP contribution is 2.34. The van der Waals surface area contributed by atoms with Crippen LogP contribution in [0.4, 0.5) is 11.4 Å². The number of rotatable bonds is 5. The Bertz CT molecular complexity index is 1230. The van der Waals surface area contributed by atoms with Gasteiger partial charge in [0.15, 0.2) is 0 Å². The van der Waals surface area contributed by atoms with Gasteiger partial charge < -0.3 is 15.2 Å². The van der Waals surface area contributed by atoms with Crippen LogP contribution in [0.1, 0.15) is 6.42 Å². The average molecular weight is 429 g/mol. The Morgan fingerprint density at radius 3 is 2.65 bits per heavy atom. The van der Waals surface area contributed by atoms with Gasteiger partial charge in [-0.1, -0.05) is 24.3 Å².